The summed E-state index contributed by atoms with van der Waals surface area (Å²) >= 11 is 0. The van der Waals surface area contributed by atoms with E-state index in [4.69, 9.17) is 5.11 Å². The molecule has 0 spiro atoms. The Hall–Kier alpha value is -2.77. The molecule has 0 bridgehead atoms. The van der Waals surface area contributed by atoms with Crippen LogP contribution in [0.2, 0.25) is 0 Å². The van der Waals surface area contributed by atoms with E-state index >= 15 is 0 Å². The molecule has 132 valence electrons. The Morgan fingerprint density at radius 2 is 2.12 bits per heavy atom. The molecule has 1 aromatic heterocycles. The Balaban J connectivity index is 1.90. The number of benzene rings is 1. The van der Waals surface area contributed by atoms with Crippen LogP contribution in [0.3, 0.4) is 0 Å². The van der Waals surface area contributed by atoms with Gasteiger partial charge in [0.25, 0.3) is 5.91 Å². The minimum Gasteiger partial charge on any atom is -0.481 e. The first-order chi connectivity index (χ1) is 12.0. The summed E-state index contributed by atoms with van der Waals surface area (Å²) in [6, 6.07) is 6.17. The van der Waals surface area contributed by atoms with Gasteiger partial charge in [-0.15, -0.1) is 5.10 Å². The average molecular weight is 346 g/mol. The molecule has 1 saturated heterocycles. The average Bonchev–Trinajstić information content (AvgIpc) is 3.22. The number of carboxylic acid groups (broad SMARTS) is 1. The van der Waals surface area contributed by atoms with Gasteiger partial charge < -0.3 is 10.0 Å². The van der Waals surface area contributed by atoms with E-state index in [0.717, 1.165) is 6.42 Å². The van der Waals surface area contributed by atoms with E-state index in [-0.39, 0.29) is 18.1 Å². The zero-order chi connectivity index (χ0) is 18.0. The number of hydrogen-bond acceptors (Lipinski definition) is 4. The Kier molecular flexibility index (Phi) is 4.78. The van der Waals surface area contributed by atoms with Gasteiger partial charge in [0.1, 0.15) is 17.3 Å². The number of carboxylic acids is 1. The van der Waals surface area contributed by atoms with Crippen LogP contribution in [0.15, 0.2) is 24.3 Å². The molecule has 1 aliphatic heterocycles. The van der Waals surface area contributed by atoms with Gasteiger partial charge in [-0.1, -0.05) is 19.1 Å². The van der Waals surface area contributed by atoms with Crippen LogP contribution in [0, 0.1) is 11.7 Å². The van der Waals surface area contributed by atoms with Gasteiger partial charge in [0.05, 0.1) is 5.92 Å². The number of hydrogen-bond donors (Lipinski definition) is 1. The fraction of sp³-hybridized carbons (Fsp3) is 0.412. The van der Waals surface area contributed by atoms with Crippen molar-refractivity contribution in [2.75, 3.05) is 13.1 Å². The molecule has 0 aliphatic carbocycles. The van der Waals surface area contributed by atoms with Crippen molar-refractivity contribution in [1.82, 2.24) is 19.7 Å². The highest BCUT2D eigenvalue weighted by atomic mass is 19.1. The van der Waals surface area contributed by atoms with E-state index in [1.165, 1.54) is 15.6 Å². The standard InChI is InChI=1S/C17H19FN4O3/c1-2-5-14-19-15(16(23)21-9-8-11(10-21)17(24)25)20-22(14)13-7-4-3-6-12(13)18/h3-4,6-7,11H,2,5,8-10H2,1H3,(H,24,25)/t11-/m0/s1. The van der Waals surface area contributed by atoms with Crippen LogP contribution in [0.1, 0.15) is 36.2 Å². The Morgan fingerprint density at radius 1 is 1.36 bits per heavy atom. The SMILES string of the molecule is CCCc1nc(C(=O)N2CC[C@H](C(=O)O)C2)nn1-c1ccccc1F. The second-order valence-corrected chi connectivity index (χ2v) is 6.04. The van der Waals surface area contributed by atoms with E-state index in [0.29, 0.717) is 25.2 Å². The number of para-hydroxylation sites is 1. The molecule has 25 heavy (non-hydrogen) atoms. The van der Waals surface area contributed by atoms with Crippen molar-refractivity contribution in [3.05, 3.63) is 41.7 Å². The van der Waals surface area contributed by atoms with E-state index in [1.807, 2.05) is 6.92 Å². The number of halogens is 1. The molecule has 0 radical (unpaired) electrons. The third kappa shape index (κ3) is 3.38. The molecule has 3 rings (SSSR count). The van der Waals surface area contributed by atoms with Gasteiger partial charge >= 0.3 is 5.97 Å². The van der Waals surface area contributed by atoms with Crippen LogP contribution >= 0.6 is 0 Å². The summed E-state index contributed by atoms with van der Waals surface area (Å²) in [4.78, 5) is 29.4. The number of rotatable bonds is 5. The van der Waals surface area contributed by atoms with Crippen LogP contribution in [0.25, 0.3) is 5.69 Å². The quantitative estimate of drug-likeness (QED) is 0.893. The second kappa shape index (κ2) is 7.00. The maximum atomic E-state index is 14.1. The van der Waals surface area contributed by atoms with Gasteiger partial charge in [0.15, 0.2) is 0 Å². The highest BCUT2D eigenvalue weighted by Crippen LogP contribution is 2.20. The topological polar surface area (TPSA) is 88.3 Å². The maximum Gasteiger partial charge on any atom is 0.308 e. The van der Waals surface area contributed by atoms with Crippen molar-refractivity contribution in [2.45, 2.75) is 26.2 Å². The van der Waals surface area contributed by atoms with Crippen LogP contribution in [-0.4, -0.2) is 49.7 Å². The van der Waals surface area contributed by atoms with Gasteiger partial charge in [-0.05, 0) is 25.0 Å². The molecule has 1 N–H and O–H groups in total. The normalized spacial score (nSPS) is 17.0. The van der Waals surface area contributed by atoms with E-state index in [1.54, 1.807) is 18.2 Å². The molecule has 0 saturated carbocycles. The summed E-state index contributed by atoms with van der Waals surface area (Å²) in [7, 11) is 0. The van der Waals surface area contributed by atoms with Crippen molar-refractivity contribution in [1.29, 1.82) is 0 Å². The predicted octanol–water partition coefficient (Wildman–Crippen LogP) is 1.91. The van der Waals surface area contributed by atoms with E-state index < -0.39 is 23.6 Å². The summed E-state index contributed by atoms with van der Waals surface area (Å²) in [6.45, 7) is 2.46. The molecule has 1 fully saturated rings. The van der Waals surface area contributed by atoms with E-state index in [9.17, 15) is 14.0 Å². The summed E-state index contributed by atoms with van der Waals surface area (Å²) in [6.07, 6.45) is 1.73. The van der Waals surface area contributed by atoms with Crippen molar-refractivity contribution >= 4 is 11.9 Å². The van der Waals surface area contributed by atoms with Crippen molar-refractivity contribution in [2.24, 2.45) is 5.92 Å². The van der Waals surface area contributed by atoms with Crippen molar-refractivity contribution in [3.63, 3.8) is 0 Å². The molecule has 2 heterocycles. The first-order valence-corrected chi connectivity index (χ1v) is 8.24. The summed E-state index contributed by atoms with van der Waals surface area (Å²) in [5.41, 5.74) is 0.238. The summed E-state index contributed by atoms with van der Waals surface area (Å²) < 4.78 is 15.5. The molecule has 8 heteroatoms. The smallest absolute Gasteiger partial charge is 0.308 e. The second-order valence-electron chi connectivity index (χ2n) is 6.04. The Morgan fingerprint density at radius 3 is 2.76 bits per heavy atom. The number of amides is 1. The minimum atomic E-state index is -0.910. The number of nitrogens with zero attached hydrogens (tertiary/aromatic N) is 4. The predicted molar refractivity (Wildman–Crippen MR) is 87.0 cm³/mol. The largest absolute Gasteiger partial charge is 0.481 e. The molecule has 0 unspecified atom stereocenters. The lowest BCUT2D eigenvalue weighted by Gasteiger charge is -2.13. The molecule has 1 aromatic carbocycles. The number of aliphatic carboxylic acids is 1. The highest BCUT2D eigenvalue weighted by Gasteiger charge is 2.33. The molecule has 1 amide bonds. The fourth-order valence-electron chi connectivity index (χ4n) is 2.92. The number of aryl methyl sites for hydroxylation is 1. The third-order valence-electron chi connectivity index (χ3n) is 4.24. The molecular formula is C17H19FN4O3. The molecule has 2 aromatic rings. The van der Waals surface area contributed by atoms with Gasteiger partial charge in [-0.25, -0.2) is 14.1 Å². The summed E-state index contributed by atoms with van der Waals surface area (Å²) in [5.74, 6) is -1.87. The lowest BCUT2D eigenvalue weighted by atomic mass is 10.1. The van der Waals surface area contributed by atoms with E-state index in [2.05, 4.69) is 10.1 Å². The zero-order valence-corrected chi connectivity index (χ0v) is 13.9. The first kappa shape index (κ1) is 17.1. The third-order valence-corrected chi connectivity index (χ3v) is 4.24. The van der Waals surface area contributed by atoms with Gasteiger partial charge in [0.2, 0.25) is 5.82 Å². The molecular weight excluding hydrogens is 327 g/mol. The monoisotopic (exact) mass is 346 g/mol. The molecule has 1 aliphatic rings. The molecule has 1 atom stereocenters. The number of carbonyl (C=O) groups excluding carboxylic acids is 1. The van der Waals surface area contributed by atoms with Gasteiger partial charge in [-0.2, -0.15) is 0 Å². The van der Waals surface area contributed by atoms with Crippen LogP contribution < -0.4 is 0 Å². The fourth-order valence-corrected chi connectivity index (χ4v) is 2.92. The van der Waals surface area contributed by atoms with Crippen LogP contribution in [-0.2, 0) is 11.2 Å². The number of carbonyl (C=O) groups is 2. The zero-order valence-electron chi connectivity index (χ0n) is 13.9. The van der Waals surface area contributed by atoms with Crippen LogP contribution in [0.4, 0.5) is 4.39 Å². The number of aromatic nitrogens is 3. The maximum absolute atomic E-state index is 14.1. The lowest BCUT2D eigenvalue weighted by Crippen LogP contribution is -2.30. The minimum absolute atomic E-state index is 0.0299. The lowest BCUT2D eigenvalue weighted by molar-refractivity contribution is -0.141. The Labute approximate surface area is 144 Å². The van der Waals surface area contributed by atoms with Gasteiger partial charge in [-0.3, -0.25) is 9.59 Å². The van der Waals surface area contributed by atoms with Crippen molar-refractivity contribution < 1.29 is 19.1 Å². The molecule has 7 nitrogen and oxygen atoms in total. The van der Waals surface area contributed by atoms with Crippen molar-refractivity contribution in [3.8, 4) is 5.69 Å². The first-order valence-electron chi connectivity index (χ1n) is 8.24. The highest BCUT2D eigenvalue weighted by molar-refractivity contribution is 5.91. The van der Waals surface area contributed by atoms with Gasteiger partial charge in [0, 0.05) is 19.5 Å². The summed E-state index contributed by atoms with van der Waals surface area (Å²) in [5, 5.41) is 13.3. The van der Waals surface area contributed by atoms with Crippen LogP contribution in [0.5, 0.6) is 0 Å². The Bertz CT molecular complexity index is 805. The number of likely N-dealkylation sites (tertiary alicyclic amines) is 1.